The van der Waals surface area contributed by atoms with Crippen molar-refractivity contribution in [3.63, 3.8) is 0 Å². The van der Waals surface area contributed by atoms with E-state index in [-0.39, 0.29) is 5.56 Å². The molecule has 20 heavy (non-hydrogen) atoms. The summed E-state index contributed by atoms with van der Waals surface area (Å²) in [4.78, 5) is 12.6. The van der Waals surface area contributed by atoms with Crippen LogP contribution >= 0.6 is 0 Å². The molecule has 0 amide bonds. The SMILES string of the molecule is COCCCn1c2c(cc(CNC(C)C)c1=O)CCC2. The predicted molar refractivity (Wildman–Crippen MR) is 81.2 cm³/mol. The first-order chi connectivity index (χ1) is 9.63. The lowest BCUT2D eigenvalue weighted by atomic mass is 10.1. The predicted octanol–water partition coefficient (Wildman–Crippen LogP) is 1.87. The zero-order valence-corrected chi connectivity index (χ0v) is 12.9. The van der Waals surface area contributed by atoms with E-state index < -0.39 is 0 Å². The number of pyridine rings is 1. The van der Waals surface area contributed by atoms with E-state index in [1.54, 1.807) is 7.11 Å². The third-order valence-electron chi connectivity index (χ3n) is 3.86. The van der Waals surface area contributed by atoms with Crippen molar-refractivity contribution in [1.29, 1.82) is 0 Å². The summed E-state index contributed by atoms with van der Waals surface area (Å²) in [5.41, 5.74) is 3.69. The van der Waals surface area contributed by atoms with Crippen molar-refractivity contribution in [3.05, 3.63) is 33.2 Å². The second-order valence-corrected chi connectivity index (χ2v) is 5.83. The number of hydrogen-bond acceptors (Lipinski definition) is 3. The maximum absolute atomic E-state index is 12.6. The molecule has 1 aromatic heterocycles. The van der Waals surface area contributed by atoms with Gasteiger partial charge in [-0.2, -0.15) is 0 Å². The van der Waals surface area contributed by atoms with Crippen molar-refractivity contribution in [2.45, 2.75) is 58.7 Å². The first-order valence-corrected chi connectivity index (χ1v) is 7.60. The minimum absolute atomic E-state index is 0.176. The van der Waals surface area contributed by atoms with Gasteiger partial charge in [0.1, 0.15) is 0 Å². The normalized spacial score (nSPS) is 14.0. The van der Waals surface area contributed by atoms with Crippen LogP contribution in [0.25, 0.3) is 0 Å². The van der Waals surface area contributed by atoms with Gasteiger partial charge in [0.25, 0.3) is 5.56 Å². The summed E-state index contributed by atoms with van der Waals surface area (Å²) in [5.74, 6) is 0. The van der Waals surface area contributed by atoms with Crippen molar-refractivity contribution < 1.29 is 4.74 Å². The van der Waals surface area contributed by atoms with E-state index in [4.69, 9.17) is 4.74 Å². The number of nitrogens with one attached hydrogen (secondary N) is 1. The van der Waals surface area contributed by atoms with Gasteiger partial charge in [-0.15, -0.1) is 0 Å². The molecule has 1 N–H and O–H groups in total. The van der Waals surface area contributed by atoms with Gasteiger partial charge in [-0.05, 0) is 37.3 Å². The molecule has 0 aliphatic heterocycles. The summed E-state index contributed by atoms with van der Waals surface area (Å²) in [5, 5.41) is 3.35. The molecule has 0 saturated carbocycles. The van der Waals surface area contributed by atoms with Crippen LogP contribution < -0.4 is 10.9 Å². The Kier molecular flexibility index (Phi) is 5.38. The Labute approximate surface area is 121 Å². The summed E-state index contributed by atoms with van der Waals surface area (Å²) in [6.45, 7) is 6.34. The van der Waals surface area contributed by atoms with E-state index in [1.807, 2.05) is 4.57 Å². The zero-order chi connectivity index (χ0) is 14.5. The summed E-state index contributed by atoms with van der Waals surface area (Å²) < 4.78 is 7.09. The number of methoxy groups -OCH3 is 1. The lowest BCUT2D eigenvalue weighted by Crippen LogP contribution is -2.32. The molecule has 1 aliphatic carbocycles. The highest BCUT2D eigenvalue weighted by atomic mass is 16.5. The Bertz CT molecular complexity index is 506. The highest BCUT2D eigenvalue weighted by Gasteiger charge is 2.18. The summed E-state index contributed by atoms with van der Waals surface area (Å²) in [6.07, 6.45) is 4.20. The second-order valence-electron chi connectivity index (χ2n) is 5.83. The highest BCUT2D eigenvalue weighted by Crippen LogP contribution is 2.21. The van der Waals surface area contributed by atoms with Gasteiger partial charge in [0.05, 0.1) is 0 Å². The third kappa shape index (κ3) is 3.49. The highest BCUT2D eigenvalue weighted by molar-refractivity contribution is 5.30. The lowest BCUT2D eigenvalue weighted by Gasteiger charge is -2.15. The Balaban J connectivity index is 2.25. The zero-order valence-electron chi connectivity index (χ0n) is 12.9. The van der Waals surface area contributed by atoms with E-state index in [0.29, 0.717) is 19.2 Å². The molecule has 1 aliphatic rings. The molecule has 4 nitrogen and oxygen atoms in total. The summed E-state index contributed by atoms with van der Waals surface area (Å²) in [6, 6.07) is 2.51. The average molecular weight is 278 g/mol. The van der Waals surface area contributed by atoms with Crippen molar-refractivity contribution >= 4 is 0 Å². The van der Waals surface area contributed by atoms with Crippen LogP contribution in [0.3, 0.4) is 0 Å². The van der Waals surface area contributed by atoms with Crippen LogP contribution in [0.2, 0.25) is 0 Å². The fraction of sp³-hybridized carbons (Fsp3) is 0.688. The number of aromatic nitrogens is 1. The maximum atomic E-state index is 12.6. The van der Waals surface area contributed by atoms with Crippen molar-refractivity contribution in [3.8, 4) is 0 Å². The molecule has 1 heterocycles. The summed E-state index contributed by atoms with van der Waals surface area (Å²) in [7, 11) is 1.70. The quantitative estimate of drug-likeness (QED) is 0.774. The van der Waals surface area contributed by atoms with Gasteiger partial charge in [0, 0.05) is 44.1 Å². The van der Waals surface area contributed by atoms with Crippen molar-refractivity contribution in [1.82, 2.24) is 9.88 Å². The van der Waals surface area contributed by atoms with Crippen molar-refractivity contribution in [2.75, 3.05) is 13.7 Å². The molecule has 112 valence electrons. The number of aryl methyl sites for hydroxylation is 1. The van der Waals surface area contributed by atoms with Crippen LogP contribution in [-0.2, 0) is 30.7 Å². The van der Waals surface area contributed by atoms with Crippen LogP contribution in [0.5, 0.6) is 0 Å². The van der Waals surface area contributed by atoms with Crippen LogP contribution in [0.15, 0.2) is 10.9 Å². The molecular formula is C16H26N2O2. The Morgan fingerprint density at radius 3 is 2.90 bits per heavy atom. The molecule has 0 spiro atoms. The van der Waals surface area contributed by atoms with Crippen LogP contribution in [0, 0.1) is 0 Å². The van der Waals surface area contributed by atoms with Gasteiger partial charge in [0.15, 0.2) is 0 Å². The summed E-state index contributed by atoms with van der Waals surface area (Å²) >= 11 is 0. The molecule has 0 fully saturated rings. The lowest BCUT2D eigenvalue weighted by molar-refractivity contribution is 0.189. The molecule has 0 unspecified atom stereocenters. The molecule has 4 heteroatoms. The second kappa shape index (κ2) is 7.04. The Morgan fingerprint density at radius 2 is 2.20 bits per heavy atom. The Hall–Kier alpha value is -1.13. The average Bonchev–Trinajstić information content (AvgIpc) is 2.87. The molecule has 2 rings (SSSR count). The van der Waals surface area contributed by atoms with E-state index >= 15 is 0 Å². The molecule has 0 aromatic carbocycles. The fourth-order valence-electron chi connectivity index (χ4n) is 2.83. The number of nitrogens with zero attached hydrogens (tertiary/aromatic N) is 1. The fourth-order valence-corrected chi connectivity index (χ4v) is 2.83. The van der Waals surface area contributed by atoms with E-state index in [1.165, 1.54) is 17.7 Å². The van der Waals surface area contributed by atoms with Crippen LogP contribution in [-0.4, -0.2) is 24.3 Å². The minimum atomic E-state index is 0.176. The van der Waals surface area contributed by atoms with E-state index in [2.05, 4.69) is 25.2 Å². The number of rotatable bonds is 7. The number of hydrogen-bond donors (Lipinski definition) is 1. The van der Waals surface area contributed by atoms with Gasteiger partial charge >= 0.3 is 0 Å². The monoisotopic (exact) mass is 278 g/mol. The van der Waals surface area contributed by atoms with E-state index in [9.17, 15) is 4.79 Å². The number of fused-ring (bicyclic) bond motifs is 1. The Morgan fingerprint density at radius 1 is 1.40 bits per heavy atom. The number of ether oxygens (including phenoxy) is 1. The van der Waals surface area contributed by atoms with Crippen LogP contribution in [0.1, 0.15) is 43.5 Å². The van der Waals surface area contributed by atoms with E-state index in [0.717, 1.165) is 31.4 Å². The van der Waals surface area contributed by atoms with Gasteiger partial charge in [-0.1, -0.05) is 13.8 Å². The third-order valence-corrected chi connectivity index (χ3v) is 3.86. The molecule has 0 bridgehead atoms. The minimum Gasteiger partial charge on any atom is -0.385 e. The molecule has 0 atom stereocenters. The van der Waals surface area contributed by atoms with Crippen LogP contribution in [0.4, 0.5) is 0 Å². The van der Waals surface area contributed by atoms with Crippen molar-refractivity contribution in [2.24, 2.45) is 0 Å². The molecule has 0 saturated heterocycles. The smallest absolute Gasteiger partial charge is 0.255 e. The van der Waals surface area contributed by atoms with Gasteiger partial charge in [0.2, 0.25) is 0 Å². The standard InChI is InChI=1S/C16H26N2O2/c1-12(2)17-11-14-10-13-6-4-7-15(13)18(16(14)19)8-5-9-20-3/h10,12,17H,4-9,11H2,1-3H3. The molecule has 1 aromatic rings. The largest absolute Gasteiger partial charge is 0.385 e. The van der Waals surface area contributed by atoms with Gasteiger partial charge in [-0.3, -0.25) is 4.79 Å². The van der Waals surface area contributed by atoms with Gasteiger partial charge < -0.3 is 14.6 Å². The maximum Gasteiger partial charge on any atom is 0.255 e. The molecular weight excluding hydrogens is 252 g/mol. The first-order valence-electron chi connectivity index (χ1n) is 7.60. The van der Waals surface area contributed by atoms with Gasteiger partial charge in [-0.25, -0.2) is 0 Å². The first kappa shape index (κ1) is 15.3. The topological polar surface area (TPSA) is 43.3 Å². The molecule has 0 radical (unpaired) electrons.